The van der Waals surface area contributed by atoms with Crippen molar-refractivity contribution < 1.29 is 13.7 Å². The van der Waals surface area contributed by atoms with Crippen LogP contribution in [0, 0.1) is 6.92 Å². The zero-order chi connectivity index (χ0) is 17.5. The molecule has 2 aromatic rings. The third-order valence-corrected chi connectivity index (χ3v) is 5.33. The maximum absolute atomic E-state index is 12.6. The van der Waals surface area contributed by atoms with Crippen LogP contribution in [0.2, 0.25) is 0 Å². The van der Waals surface area contributed by atoms with E-state index in [-0.39, 0.29) is 5.91 Å². The molecule has 1 amide bonds. The average Bonchev–Trinajstić information content (AvgIpc) is 2.58. The second kappa shape index (κ2) is 8.64. The smallest absolute Gasteiger partial charge is 0.239 e. The summed E-state index contributed by atoms with van der Waals surface area (Å²) in [5.41, 5.74) is 2.58. The van der Waals surface area contributed by atoms with Gasteiger partial charge in [-0.3, -0.25) is 9.00 Å². The van der Waals surface area contributed by atoms with Crippen molar-refractivity contribution in [3.8, 4) is 5.75 Å². The van der Waals surface area contributed by atoms with E-state index in [1.54, 1.807) is 6.92 Å². The third kappa shape index (κ3) is 4.68. The molecule has 0 heterocycles. The van der Waals surface area contributed by atoms with Gasteiger partial charge in [0.15, 0.2) is 0 Å². The van der Waals surface area contributed by atoms with Gasteiger partial charge in [-0.1, -0.05) is 36.4 Å². The van der Waals surface area contributed by atoms with Crippen LogP contribution in [0.4, 0.5) is 5.69 Å². The van der Waals surface area contributed by atoms with Gasteiger partial charge in [-0.25, -0.2) is 0 Å². The number of anilines is 1. The quantitative estimate of drug-likeness (QED) is 0.833. The molecule has 0 aromatic heterocycles. The normalized spacial score (nSPS) is 13.1. The van der Waals surface area contributed by atoms with Crippen LogP contribution in [0.1, 0.15) is 25.0 Å². The average molecular weight is 345 g/mol. The van der Waals surface area contributed by atoms with E-state index >= 15 is 0 Å². The second-order valence-electron chi connectivity index (χ2n) is 5.51. The van der Waals surface area contributed by atoms with Gasteiger partial charge < -0.3 is 10.1 Å². The van der Waals surface area contributed by atoms with Gasteiger partial charge >= 0.3 is 0 Å². The number of amides is 1. The molecule has 4 nitrogen and oxygen atoms in total. The van der Waals surface area contributed by atoms with Crippen molar-refractivity contribution in [1.82, 2.24) is 0 Å². The van der Waals surface area contributed by atoms with Crippen LogP contribution in [0.15, 0.2) is 48.5 Å². The first-order valence-electron chi connectivity index (χ1n) is 7.97. The summed E-state index contributed by atoms with van der Waals surface area (Å²) >= 11 is 0. The monoisotopic (exact) mass is 345 g/mol. The minimum atomic E-state index is -1.33. The maximum Gasteiger partial charge on any atom is 0.239 e. The van der Waals surface area contributed by atoms with E-state index in [1.165, 1.54) is 0 Å². The third-order valence-electron chi connectivity index (χ3n) is 3.74. The number of carbonyl (C=O) groups is 1. The Hall–Kier alpha value is -2.14. The number of ether oxygens (including phenoxy) is 1. The van der Waals surface area contributed by atoms with Gasteiger partial charge in [0.1, 0.15) is 11.0 Å². The highest BCUT2D eigenvalue weighted by molar-refractivity contribution is 7.85. The molecule has 5 heteroatoms. The van der Waals surface area contributed by atoms with Crippen LogP contribution in [0.25, 0.3) is 0 Å². The van der Waals surface area contributed by atoms with E-state index in [4.69, 9.17) is 4.74 Å². The van der Waals surface area contributed by atoms with Crippen molar-refractivity contribution in [2.24, 2.45) is 0 Å². The number of hydrogen-bond acceptors (Lipinski definition) is 3. The van der Waals surface area contributed by atoms with E-state index in [2.05, 4.69) is 5.32 Å². The van der Waals surface area contributed by atoms with E-state index < -0.39 is 16.0 Å². The molecular weight excluding hydrogens is 322 g/mol. The van der Waals surface area contributed by atoms with Crippen molar-refractivity contribution in [3.05, 3.63) is 59.7 Å². The van der Waals surface area contributed by atoms with Gasteiger partial charge in [0.05, 0.1) is 12.4 Å². The highest BCUT2D eigenvalue weighted by atomic mass is 32.2. The lowest BCUT2D eigenvalue weighted by atomic mass is 10.2. The zero-order valence-electron chi connectivity index (χ0n) is 14.2. The summed E-state index contributed by atoms with van der Waals surface area (Å²) in [5, 5.41) is 2.24. The van der Waals surface area contributed by atoms with Crippen LogP contribution in [-0.2, 0) is 21.3 Å². The summed E-state index contributed by atoms with van der Waals surface area (Å²) in [6.07, 6.45) is 0. The molecule has 0 unspecified atom stereocenters. The van der Waals surface area contributed by atoms with Crippen LogP contribution in [0.5, 0.6) is 5.75 Å². The standard InChI is InChI=1S/C19H23NO3S/c1-4-23-18-12-8-6-10-16(18)13-24(22)15(3)19(21)20-17-11-7-5-9-14(17)2/h5-12,15H,4,13H2,1-3H3,(H,20,21)/t15-,24-/m1/s1. The van der Waals surface area contributed by atoms with Crippen LogP contribution < -0.4 is 10.1 Å². The molecule has 0 aliphatic rings. The Labute approximate surface area is 145 Å². The summed E-state index contributed by atoms with van der Waals surface area (Å²) in [5.74, 6) is 0.773. The van der Waals surface area contributed by atoms with Gasteiger partial charge in [0, 0.05) is 22.1 Å². The predicted molar refractivity (Wildman–Crippen MR) is 98.7 cm³/mol. The highest BCUT2D eigenvalue weighted by Gasteiger charge is 2.21. The molecule has 128 valence electrons. The molecule has 0 aliphatic carbocycles. The fourth-order valence-corrected chi connectivity index (χ4v) is 3.36. The SMILES string of the molecule is CCOc1ccccc1C[S@@](=O)[C@H](C)C(=O)Nc1ccccc1C. The minimum absolute atomic E-state index is 0.239. The van der Waals surface area contributed by atoms with E-state index in [9.17, 15) is 9.00 Å². The Morgan fingerprint density at radius 2 is 1.83 bits per heavy atom. The molecule has 1 N–H and O–H groups in total. The Kier molecular flexibility index (Phi) is 6.55. The maximum atomic E-state index is 12.6. The number of rotatable bonds is 7. The molecule has 0 bridgehead atoms. The number of hydrogen-bond donors (Lipinski definition) is 1. The molecular formula is C19H23NO3S. The highest BCUT2D eigenvalue weighted by Crippen LogP contribution is 2.21. The van der Waals surface area contributed by atoms with E-state index in [0.717, 1.165) is 22.6 Å². The first kappa shape index (κ1) is 18.2. The van der Waals surface area contributed by atoms with E-state index in [0.29, 0.717) is 12.4 Å². The molecule has 0 radical (unpaired) electrons. The fraction of sp³-hybridized carbons (Fsp3) is 0.316. The molecule has 24 heavy (non-hydrogen) atoms. The minimum Gasteiger partial charge on any atom is -0.494 e. The van der Waals surface area contributed by atoms with Crippen LogP contribution >= 0.6 is 0 Å². The Balaban J connectivity index is 2.04. The summed E-state index contributed by atoms with van der Waals surface area (Å²) < 4.78 is 18.1. The molecule has 2 rings (SSSR count). The number of aryl methyl sites for hydroxylation is 1. The lowest BCUT2D eigenvalue weighted by Gasteiger charge is -2.15. The van der Waals surface area contributed by atoms with Crippen molar-refractivity contribution in [3.63, 3.8) is 0 Å². The van der Waals surface area contributed by atoms with Gasteiger partial charge in [-0.05, 0) is 38.5 Å². The van der Waals surface area contributed by atoms with E-state index in [1.807, 2.05) is 62.4 Å². The topological polar surface area (TPSA) is 55.4 Å². The van der Waals surface area contributed by atoms with Crippen LogP contribution in [0.3, 0.4) is 0 Å². The summed E-state index contributed by atoms with van der Waals surface area (Å²) in [4.78, 5) is 12.4. The zero-order valence-corrected chi connectivity index (χ0v) is 15.1. The molecule has 0 saturated heterocycles. The lowest BCUT2D eigenvalue weighted by Crippen LogP contribution is -2.30. The summed E-state index contributed by atoms with van der Waals surface area (Å²) in [6.45, 7) is 6.07. The number of nitrogens with one attached hydrogen (secondary N) is 1. The fourth-order valence-electron chi connectivity index (χ4n) is 2.26. The second-order valence-corrected chi connectivity index (χ2v) is 7.27. The summed E-state index contributed by atoms with van der Waals surface area (Å²) in [7, 11) is -1.33. The van der Waals surface area contributed by atoms with Gasteiger partial charge in [-0.2, -0.15) is 0 Å². The van der Waals surface area contributed by atoms with Crippen LogP contribution in [-0.4, -0.2) is 22.0 Å². The van der Waals surface area contributed by atoms with Crippen molar-refractivity contribution in [2.75, 3.05) is 11.9 Å². The van der Waals surface area contributed by atoms with Gasteiger partial charge in [0.2, 0.25) is 5.91 Å². The predicted octanol–water partition coefficient (Wildman–Crippen LogP) is 3.67. The molecule has 2 atom stereocenters. The van der Waals surface area contributed by atoms with Gasteiger partial charge in [-0.15, -0.1) is 0 Å². The first-order valence-corrected chi connectivity index (χ1v) is 9.35. The Morgan fingerprint density at radius 1 is 1.17 bits per heavy atom. The molecule has 0 spiro atoms. The number of para-hydroxylation sites is 2. The molecule has 0 fully saturated rings. The molecule has 2 aromatic carbocycles. The Morgan fingerprint density at radius 3 is 2.54 bits per heavy atom. The van der Waals surface area contributed by atoms with Gasteiger partial charge in [0.25, 0.3) is 0 Å². The molecule has 0 saturated carbocycles. The van der Waals surface area contributed by atoms with Crippen molar-refractivity contribution in [1.29, 1.82) is 0 Å². The number of benzene rings is 2. The largest absolute Gasteiger partial charge is 0.494 e. The lowest BCUT2D eigenvalue weighted by molar-refractivity contribution is -0.115. The summed E-state index contributed by atoms with van der Waals surface area (Å²) in [6, 6.07) is 15.0. The molecule has 0 aliphatic heterocycles. The van der Waals surface area contributed by atoms with Crippen molar-refractivity contribution >= 4 is 22.4 Å². The Bertz CT molecular complexity index is 730. The number of carbonyl (C=O) groups excluding carboxylic acids is 1. The van der Waals surface area contributed by atoms with Crippen molar-refractivity contribution in [2.45, 2.75) is 31.8 Å². The first-order chi connectivity index (χ1) is 11.5.